The minimum absolute atomic E-state index is 0.0557. The Morgan fingerprint density at radius 1 is 1.62 bits per heavy atom. The second-order valence-corrected chi connectivity index (χ2v) is 3.65. The Morgan fingerprint density at radius 3 is 3.00 bits per heavy atom. The lowest BCUT2D eigenvalue weighted by Gasteiger charge is -2.12. The molecule has 5 heteroatoms. The first-order chi connectivity index (χ1) is 7.65. The largest absolute Gasteiger partial charge is 0.618 e. The normalized spacial score (nSPS) is 12.1. The van der Waals surface area contributed by atoms with Gasteiger partial charge in [0.25, 0.3) is 5.69 Å². The van der Waals surface area contributed by atoms with Crippen molar-refractivity contribution in [2.24, 2.45) is 0 Å². The average Bonchev–Trinajstić information content (AvgIpc) is 2.26. The van der Waals surface area contributed by atoms with Crippen molar-refractivity contribution in [3.8, 4) is 0 Å². The van der Waals surface area contributed by atoms with Gasteiger partial charge < -0.3 is 15.6 Å². The molecular formula is C11H16N2O3. The van der Waals surface area contributed by atoms with Gasteiger partial charge in [0.05, 0.1) is 0 Å². The predicted molar refractivity (Wildman–Crippen MR) is 58.7 cm³/mol. The molecule has 0 fully saturated rings. The third-order valence-corrected chi connectivity index (χ3v) is 2.23. The van der Waals surface area contributed by atoms with Crippen molar-refractivity contribution in [2.45, 2.75) is 25.8 Å². The minimum atomic E-state index is -0.388. The number of carbonyl (C=O) groups is 1. The van der Waals surface area contributed by atoms with Gasteiger partial charge in [0.2, 0.25) is 0 Å². The molecule has 1 unspecified atom stereocenters. The predicted octanol–water partition coefficient (Wildman–Crippen LogP) is 0.211. The van der Waals surface area contributed by atoms with Crippen LogP contribution in [0.2, 0.25) is 0 Å². The number of hydrogen-bond acceptors (Lipinski definition) is 3. The number of aliphatic hydroxyl groups excluding tert-OH is 1. The highest BCUT2D eigenvalue weighted by Gasteiger charge is 2.16. The topological polar surface area (TPSA) is 76.3 Å². The molecule has 0 aromatic carbocycles. The van der Waals surface area contributed by atoms with Crippen molar-refractivity contribution >= 4 is 5.91 Å². The summed E-state index contributed by atoms with van der Waals surface area (Å²) in [5.41, 5.74) is 0.0818. The van der Waals surface area contributed by atoms with Crippen molar-refractivity contribution < 1.29 is 14.6 Å². The lowest BCUT2D eigenvalue weighted by atomic mass is 10.2. The van der Waals surface area contributed by atoms with Crippen molar-refractivity contribution in [1.82, 2.24) is 5.32 Å². The Labute approximate surface area is 94.3 Å². The van der Waals surface area contributed by atoms with Crippen molar-refractivity contribution in [1.29, 1.82) is 0 Å². The number of nitrogens with zero attached hydrogens (tertiary/aromatic N) is 1. The Bertz CT molecular complexity index is 355. The summed E-state index contributed by atoms with van der Waals surface area (Å²) in [5, 5.41) is 22.6. The van der Waals surface area contributed by atoms with Gasteiger partial charge >= 0.3 is 5.91 Å². The van der Waals surface area contributed by atoms with Crippen LogP contribution in [0.1, 0.15) is 30.3 Å². The fourth-order valence-corrected chi connectivity index (χ4v) is 1.37. The summed E-state index contributed by atoms with van der Waals surface area (Å²) in [4.78, 5) is 11.6. The van der Waals surface area contributed by atoms with E-state index in [1.54, 1.807) is 12.1 Å². The third kappa shape index (κ3) is 3.51. The zero-order valence-corrected chi connectivity index (χ0v) is 9.22. The average molecular weight is 224 g/mol. The zero-order valence-electron chi connectivity index (χ0n) is 9.22. The van der Waals surface area contributed by atoms with Gasteiger partial charge in [-0.15, -0.1) is 0 Å². The summed E-state index contributed by atoms with van der Waals surface area (Å²) in [6, 6.07) is 4.63. The number of pyridine rings is 1. The number of carbonyl (C=O) groups excluding carboxylic acids is 1. The molecule has 1 aromatic rings. The van der Waals surface area contributed by atoms with Gasteiger partial charge in [-0.25, -0.2) is 0 Å². The molecule has 1 heterocycles. The smallest absolute Gasteiger partial charge is 0.317 e. The Kier molecular flexibility index (Phi) is 4.72. The first kappa shape index (κ1) is 12.4. The summed E-state index contributed by atoms with van der Waals surface area (Å²) >= 11 is 0. The van der Waals surface area contributed by atoms with Gasteiger partial charge in [-0.1, -0.05) is 0 Å². The standard InChI is InChI=1S/C11H16N2O3/c1-9(5-4-8-14)12-11(15)10-6-2-3-7-13(10)16/h2-3,6-7,9,14H,4-5,8H2,1H3,(H,12,15). The number of rotatable bonds is 5. The first-order valence-corrected chi connectivity index (χ1v) is 5.25. The molecule has 0 bridgehead atoms. The van der Waals surface area contributed by atoms with Gasteiger partial charge in [0, 0.05) is 24.8 Å². The van der Waals surface area contributed by atoms with Crippen LogP contribution in [0, 0.1) is 5.21 Å². The molecule has 0 aliphatic heterocycles. The van der Waals surface area contributed by atoms with E-state index in [9.17, 15) is 10.0 Å². The lowest BCUT2D eigenvalue weighted by molar-refractivity contribution is -0.607. The van der Waals surface area contributed by atoms with E-state index in [4.69, 9.17) is 5.11 Å². The van der Waals surface area contributed by atoms with Crippen LogP contribution in [-0.2, 0) is 0 Å². The van der Waals surface area contributed by atoms with Crippen LogP contribution in [0.25, 0.3) is 0 Å². The number of aromatic nitrogens is 1. The lowest BCUT2D eigenvalue weighted by Crippen LogP contribution is -2.42. The second-order valence-electron chi connectivity index (χ2n) is 3.65. The van der Waals surface area contributed by atoms with E-state index in [1.165, 1.54) is 12.3 Å². The molecule has 1 amide bonds. The molecule has 0 spiro atoms. The maximum Gasteiger partial charge on any atom is 0.317 e. The molecule has 16 heavy (non-hydrogen) atoms. The number of amides is 1. The van der Waals surface area contributed by atoms with Crippen molar-refractivity contribution in [3.05, 3.63) is 35.3 Å². The fraction of sp³-hybridized carbons (Fsp3) is 0.455. The number of nitrogens with one attached hydrogen (secondary N) is 1. The van der Waals surface area contributed by atoms with E-state index in [1.807, 2.05) is 6.92 Å². The van der Waals surface area contributed by atoms with Gasteiger partial charge in [0.1, 0.15) is 0 Å². The van der Waals surface area contributed by atoms with Crippen LogP contribution in [0.4, 0.5) is 0 Å². The fourth-order valence-electron chi connectivity index (χ4n) is 1.37. The Morgan fingerprint density at radius 2 is 2.38 bits per heavy atom. The monoisotopic (exact) mass is 224 g/mol. The van der Waals surface area contributed by atoms with Crippen LogP contribution in [0.15, 0.2) is 24.4 Å². The summed E-state index contributed by atoms with van der Waals surface area (Å²) in [6.45, 7) is 1.94. The number of aliphatic hydroxyl groups is 1. The van der Waals surface area contributed by atoms with Gasteiger partial charge in [-0.2, -0.15) is 4.73 Å². The third-order valence-electron chi connectivity index (χ3n) is 2.23. The number of hydrogen-bond donors (Lipinski definition) is 2. The van der Waals surface area contributed by atoms with Crippen LogP contribution < -0.4 is 10.0 Å². The highest BCUT2D eigenvalue weighted by atomic mass is 16.5. The Balaban J connectivity index is 2.56. The van der Waals surface area contributed by atoms with Gasteiger partial charge in [0.15, 0.2) is 6.20 Å². The molecule has 2 N–H and O–H groups in total. The van der Waals surface area contributed by atoms with E-state index < -0.39 is 0 Å². The molecule has 0 aliphatic rings. The summed E-state index contributed by atoms with van der Waals surface area (Å²) in [7, 11) is 0. The molecule has 0 radical (unpaired) electrons. The Hall–Kier alpha value is -1.62. The van der Waals surface area contributed by atoms with Crippen LogP contribution in [0.3, 0.4) is 0 Å². The van der Waals surface area contributed by atoms with Crippen LogP contribution in [-0.4, -0.2) is 23.7 Å². The summed E-state index contributed by atoms with van der Waals surface area (Å²) in [5.74, 6) is -0.388. The van der Waals surface area contributed by atoms with E-state index in [-0.39, 0.29) is 24.2 Å². The maximum atomic E-state index is 11.6. The van der Waals surface area contributed by atoms with Crippen molar-refractivity contribution in [2.75, 3.05) is 6.61 Å². The summed E-state index contributed by atoms with van der Waals surface area (Å²) in [6.07, 6.45) is 2.61. The second kappa shape index (κ2) is 6.07. The zero-order chi connectivity index (χ0) is 12.0. The quantitative estimate of drug-likeness (QED) is 0.554. The minimum Gasteiger partial charge on any atom is -0.618 e. The van der Waals surface area contributed by atoms with Crippen molar-refractivity contribution in [3.63, 3.8) is 0 Å². The highest BCUT2D eigenvalue weighted by Crippen LogP contribution is 1.98. The van der Waals surface area contributed by atoms with Gasteiger partial charge in [-0.05, 0) is 25.8 Å². The van der Waals surface area contributed by atoms with Crippen LogP contribution >= 0.6 is 0 Å². The molecule has 88 valence electrons. The maximum absolute atomic E-state index is 11.6. The van der Waals surface area contributed by atoms with Crippen LogP contribution in [0.5, 0.6) is 0 Å². The van der Waals surface area contributed by atoms with E-state index in [0.29, 0.717) is 17.6 Å². The van der Waals surface area contributed by atoms with E-state index in [0.717, 1.165) is 0 Å². The first-order valence-electron chi connectivity index (χ1n) is 5.25. The van der Waals surface area contributed by atoms with E-state index in [2.05, 4.69) is 5.32 Å². The molecular weight excluding hydrogens is 208 g/mol. The molecule has 1 rings (SSSR count). The summed E-state index contributed by atoms with van der Waals surface area (Å²) < 4.78 is 0.536. The van der Waals surface area contributed by atoms with E-state index >= 15 is 0 Å². The molecule has 0 aliphatic carbocycles. The molecule has 5 nitrogen and oxygen atoms in total. The SMILES string of the molecule is CC(CCCO)NC(=O)c1cccc[n+]1[O-]. The molecule has 1 atom stereocenters. The molecule has 0 saturated heterocycles. The molecule has 0 saturated carbocycles. The highest BCUT2D eigenvalue weighted by molar-refractivity contribution is 5.91. The van der Waals surface area contributed by atoms with Gasteiger partial charge in [-0.3, -0.25) is 4.79 Å². The molecule has 1 aromatic heterocycles.